The maximum absolute atomic E-state index is 12.5. The molecule has 1 aliphatic heterocycles. The summed E-state index contributed by atoms with van der Waals surface area (Å²) in [5.74, 6) is -0.723. The predicted molar refractivity (Wildman–Crippen MR) is 121 cm³/mol. The third-order valence-corrected chi connectivity index (χ3v) is 11.8. The molecule has 3 atom stereocenters. The number of ether oxygens (including phenoxy) is 2. The van der Waals surface area contributed by atoms with E-state index in [1.165, 1.54) is 12.7 Å². The smallest absolute Gasteiger partial charge is 0.373 e. The van der Waals surface area contributed by atoms with Crippen molar-refractivity contribution in [1.82, 2.24) is 0 Å². The van der Waals surface area contributed by atoms with Gasteiger partial charge >= 0.3 is 5.97 Å². The van der Waals surface area contributed by atoms with Crippen LogP contribution >= 0.6 is 15.9 Å². The van der Waals surface area contributed by atoms with Gasteiger partial charge in [0.15, 0.2) is 8.32 Å². The fourth-order valence-corrected chi connectivity index (χ4v) is 5.91. The lowest BCUT2D eigenvalue weighted by atomic mass is 9.71. The van der Waals surface area contributed by atoms with Crippen LogP contribution in [0.5, 0.6) is 0 Å². The van der Waals surface area contributed by atoms with E-state index in [4.69, 9.17) is 13.9 Å². The highest BCUT2D eigenvalue weighted by atomic mass is 79.9. The first kappa shape index (κ1) is 22.6. The summed E-state index contributed by atoms with van der Waals surface area (Å²) in [5, 5.41) is 0.0484. The summed E-state index contributed by atoms with van der Waals surface area (Å²) in [5.41, 5.74) is 1.17. The van der Waals surface area contributed by atoms with Gasteiger partial charge < -0.3 is 13.9 Å². The van der Waals surface area contributed by atoms with Crippen molar-refractivity contribution in [2.24, 2.45) is 5.92 Å². The van der Waals surface area contributed by atoms with Gasteiger partial charge in [0.2, 0.25) is 11.5 Å². The molecule has 2 aliphatic rings. The lowest BCUT2D eigenvalue weighted by Crippen LogP contribution is -2.58. The van der Waals surface area contributed by atoms with Crippen LogP contribution in [0.1, 0.15) is 57.9 Å². The average Bonchev–Trinajstić information content (AvgIpc) is 2.65. The zero-order chi connectivity index (χ0) is 21.4. The minimum Gasteiger partial charge on any atom is -0.463 e. The summed E-state index contributed by atoms with van der Waals surface area (Å²) in [6.45, 7) is 11.2. The normalized spacial score (nSPS) is 27.5. The van der Waals surface area contributed by atoms with Crippen molar-refractivity contribution in [2.75, 3.05) is 7.11 Å². The van der Waals surface area contributed by atoms with Crippen molar-refractivity contribution in [3.05, 3.63) is 46.1 Å². The fourth-order valence-electron chi connectivity index (χ4n) is 4.18. The topological polar surface area (TPSA) is 44.8 Å². The highest BCUT2D eigenvalue weighted by Gasteiger charge is 2.56. The molecule has 1 fully saturated rings. The number of carbonyl (C=O) groups is 1. The van der Waals surface area contributed by atoms with Gasteiger partial charge in [-0.3, -0.25) is 0 Å². The quantitative estimate of drug-likeness (QED) is 0.362. The number of fused-ring (bicyclic) bond motifs is 1. The molecule has 1 aromatic rings. The third kappa shape index (κ3) is 4.49. The molecular weight excluding hydrogens is 448 g/mol. The van der Waals surface area contributed by atoms with Crippen molar-refractivity contribution in [2.45, 2.75) is 76.3 Å². The number of hydrogen-bond donors (Lipinski definition) is 0. The second kappa shape index (κ2) is 8.20. The average molecular weight is 482 g/mol. The van der Waals surface area contributed by atoms with Crippen molar-refractivity contribution >= 4 is 30.2 Å². The van der Waals surface area contributed by atoms with Gasteiger partial charge in [-0.1, -0.05) is 55.3 Å². The minimum atomic E-state index is -2.14. The van der Waals surface area contributed by atoms with Crippen LogP contribution in [0, 0.1) is 5.92 Å². The summed E-state index contributed by atoms with van der Waals surface area (Å²) in [6.07, 6.45) is 5.93. The summed E-state index contributed by atoms with van der Waals surface area (Å²) < 4.78 is 19.5. The first-order chi connectivity index (χ1) is 13.5. The van der Waals surface area contributed by atoms with Crippen LogP contribution in [-0.2, 0) is 18.7 Å². The Kier molecular flexibility index (Phi) is 6.38. The molecule has 0 saturated heterocycles. The molecule has 4 nitrogen and oxygen atoms in total. The molecule has 0 bridgehead atoms. The SMILES string of the molecule is COC(=O)C1=C[C@@H](c2ccc(Br)cc2)[C@H]2CCCC[C@]2(O[Si](C)(C)C(C)(C)C)O1. The van der Waals surface area contributed by atoms with E-state index in [-0.39, 0.29) is 22.6 Å². The number of rotatable bonds is 4. The van der Waals surface area contributed by atoms with E-state index in [9.17, 15) is 4.79 Å². The van der Waals surface area contributed by atoms with Crippen LogP contribution in [0.2, 0.25) is 18.1 Å². The molecule has 29 heavy (non-hydrogen) atoms. The molecular formula is C23H33BrO4Si. The number of carbonyl (C=O) groups excluding carboxylic acids is 1. The van der Waals surface area contributed by atoms with E-state index in [0.29, 0.717) is 0 Å². The molecule has 0 unspecified atom stereocenters. The van der Waals surface area contributed by atoms with E-state index in [2.05, 4.69) is 74.1 Å². The Hall–Kier alpha value is -1.11. The Morgan fingerprint density at radius 3 is 2.45 bits per heavy atom. The van der Waals surface area contributed by atoms with Crippen molar-refractivity contribution in [1.29, 1.82) is 0 Å². The zero-order valence-electron chi connectivity index (χ0n) is 18.4. The number of benzene rings is 1. The maximum Gasteiger partial charge on any atom is 0.373 e. The van der Waals surface area contributed by atoms with Crippen molar-refractivity contribution < 1.29 is 18.7 Å². The second-order valence-electron chi connectivity index (χ2n) is 9.73. The summed E-state index contributed by atoms with van der Waals surface area (Å²) in [6, 6.07) is 8.35. The standard InChI is InChI=1S/C23H33BrO4Si/c1-22(2,3)29(5,6)28-23-14-8-7-9-19(23)18(15-20(27-23)21(25)26-4)16-10-12-17(24)13-11-16/h10-13,15,18-19H,7-9,14H2,1-6H3/t18-,19+,23+/m0/s1. The Morgan fingerprint density at radius 1 is 1.21 bits per heavy atom. The Balaban J connectivity index is 2.09. The third-order valence-electron chi connectivity index (χ3n) is 6.78. The van der Waals surface area contributed by atoms with Crippen LogP contribution in [0.3, 0.4) is 0 Å². The number of halogens is 1. The molecule has 1 aliphatic carbocycles. The molecule has 1 aromatic carbocycles. The van der Waals surface area contributed by atoms with Crippen LogP contribution in [0.25, 0.3) is 0 Å². The summed E-state index contributed by atoms with van der Waals surface area (Å²) in [7, 11) is -0.737. The summed E-state index contributed by atoms with van der Waals surface area (Å²) in [4.78, 5) is 12.5. The van der Waals surface area contributed by atoms with Gasteiger partial charge in [0, 0.05) is 22.7 Å². The van der Waals surface area contributed by atoms with Gasteiger partial charge in [-0.25, -0.2) is 4.79 Å². The van der Waals surface area contributed by atoms with E-state index in [1.54, 1.807) is 0 Å². The van der Waals surface area contributed by atoms with Crippen molar-refractivity contribution in [3.8, 4) is 0 Å². The number of methoxy groups -OCH3 is 1. The van der Waals surface area contributed by atoms with Crippen LogP contribution in [0.4, 0.5) is 0 Å². The predicted octanol–water partition coefficient (Wildman–Crippen LogP) is 6.53. The Bertz CT molecular complexity index is 781. The van der Waals surface area contributed by atoms with Crippen molar-refractivity contribution in [3.63, 3.8) is 0 Å². The second-order valence-corrected chi connectivity index (χ2v) is 15.4. The van der Waals surface area contributed by atoms with E-state index in [0.717, 1.165) is 30.2 Å². The molecule has 1 heterocycles. The lowest BCUT2D eigenvalue weighted by Gasteiger charge is -2.53. The Labute approximate surface area is 184 Å². The zero-order valence-corrected chi connectivity index (χ0v) is 21.0. The van der Waals surface area contributed by atoms with E-state index >= 15 is 0 Å². The summed E-state index contributed by atoms with van der Waals surface area (Å²) >= 11 is 3.52. The molecule has 0 spiro atoms. The highest BCUT2D eigenvalue weighted by molar-refractivity contribution is 9.10. The largest absolute Gasteiger partial charge is 0.463 e. The van der Waals surface area contributed by atoms with Gasteiger partial charge in [-0.2, -0.15) is 0 Å². The molecule has 0 aromatic heterocycles. The molecule has 3 rings (SSSR count). The van der Waals surface area contributed by atoms with E-state index in [1.807, 2.05) is 6.08 Å². The van der Waals surface area contributed by atoms with Gasteiger partial charge in [0.1, 0.15) is 0 Å². The lowest BCUT2D eigenvalue weighted by molar-refractivity contribution is -0.232. The van der Waals surface area contributed by atoms with Gasteiger partial charge in [-0.05, 0) is 54.7 Å². The van der Waals surface area contributed by atoms with Crippen LogP contribution in [-0.4, -0.2) is 27.2 Å². The number of allylic oxidation sites excluding steroid dienone is 1. The molecule has 1 saturated carbocycles. The molecule has 160 valence electrons. The Morgan fingerprint density at radius 2 is 1.86 bits per heavy atom. The van der Waals surface area contributed by atoms with Gasteiger partial charge in [0.05, 0.1) is 7.11 Å². The van der Waals surface area contributed by atoms with E-state index < -0.39 is 20.1 Å². The molecule has 0 radical (unpaired) electrons. The number of esters is 1. The number of hydrogen-bond acceptors (Lipinski definition) is 4. The van der Waals surface area contributed by atoms with Gasteiger partial charge in [-0.15, -0.1) is 0 Å². The first-order valence-corrected chi connectivity index (χ1v) is 14.1. The maximum atomic E-state index is 12.5. The first-order valence-electron chi connectivity index (χ1n) is 10.4. The minimum absolute atomic E-state index is 0.0484. The molecule has 6 heteroatoms. The molecule has 0 amide bonds. The fraction of sp³-hybridized carbons (Fsp3) is 0.609. The van der Waals surface area contributed by atoms with Crippen LogP contribution in [0.15, 0.2) is 40.6 Å². The van der Waals surface area contributed by atoms with Gasteiger partial charge in [0.25, 0.3) is 0 Å². The molecule has 0 N–H and O–H groups in total. The monoisotopic (exact) mass is 480 g/mol. The highest BCUT2D eigenvalue weighted by Crippen LogP contribution is 2.53. The van der Waals surface area contributed by atoms with Crippen LogP contribution < -0.4 is 0 Å².